The van der Waals surface area contributed by atoms with E-state index in [-0.39, 0.29) is 52.9 Å². The molecule has 0 bridgehead atoms. The van der Waals surface area contributed by atoms with Crippen molar-refractivity contribution in [2.24, 2.45) is 0 Å². The molecule has 0 fully saturated rings. The average molecular weight is 359 g/mol. The van der Waals surface area contributed by atoms with Crippen LogP contribution in [0.2, 0.25) is 0 Å². The predicted octanol–water partition coefficient (Wildman–Crippen LogP) is 2.26. The van der Waals surface area contributed by atoms with Crippen LogP contribution in [-0.4, -0.2) is 0 Å². The van der Waals surface area contributed by atoms with Gasteiger partial charge in [0, 0.05) is 21.8 Å². The molecule has 0 aliphatic carbocycles. The molecule has 5 rings (SSSR count). The van der Waals surface area contributed by atoms with Crippen molar-refractivity contribution in [2.45, 2.75) is 0 Å². The molecular formula is C20H9NO4S. The molecule has 0 radical (unpaired) electrons. The highest BCUT2D eigenvalue weighted by atomic mass is 32.1. The minimum atomic E-state index is -0.481. The van der Waals surface area contributed by atoms with Gasteiger partial charge in [0.15, 0.2) is 10.9 Å². The second-order valence-corrected chi connectivity index (χ2v) is 7.16. The lowest BCUT2D eigenvalue weighted by molar-refractivity contribution is 1.68. The number of thiophene rings is 1. The molecule has 124 valence electrons. The van der Waals surface area contributed by atoms with Crippen molar-refractivity contribution >= 4 is 58.7 Å². The van der Waals surface area contributed by atoms with E-state index in [1.165, 1.54) is 12.1 Å². The van der Waals surface area contributed by atoms with E-state index >= 15 is 0 Å². The monoisotopic (exact) mass is 359 g/mol. The van der Waals surface area contributed by atoms with E-state index in [2.05, 4.69) is 0 Å². The number of anilines is 1. The van der Waals surface area contributed by atoms with E-state index in [4.69, 9.17) is 5.73 Å². The van der Waals surface area contributed by atoms with Gasteiger partial charge in [0.25, 0.3) is 0 Å². The number of rotatable bonds is 0. The molecule has 5 aromatic rings. The summed E-state index contributed by atoms with van der Waals surface area (Å²) in [5.74, 6) is 0. The van der Waals surface area contributed by atoms with Crippen LogP contribution in [-0.2, 0) is 0 Å². The van der Waals surface area contributed by atoms with Crippen molar-refractivity contribution in [3.63, 3.8) is 0 Å². The highest BCUT2D eigenvalue weighted by molar-refractivity contribution is 7.25. The first-order valence-electron chi connectivity index (χ1n) is 7.83. The fourth-order valence-corrected chi connectivity index (χ4v) is 4.78. The normalized spacial score (nSPS) is 11.8. The number of hydrogen-bond acceptors (Lipinski definition) is 6. The van der Waals surface area contributed by atoms with Crippen molar-refractivity contribution in [3.8, 4) is 0 Å². The number of nitrogens with two attached hydrogens (primary N) is 1. The molecule has 26 heavy (non-hydrogen) atoms. The Morgan fingerprint density at radius 3 is 1.81 bits per heavy atom. The lowest BCUT2D eigenvalue weighted by atomic mass is 10.0. The SMILES string of the molecule is Nc1cccc2c(=O)c3sc4c(=O)c5ccccc5c(=O)c4c3c(=O)c12. The van der Waals surface area contributed by atoms with Gasteiger partial charge >= 0.3 is 0 Å². The summed E-state index contributed by atoms with van der Waals surface area (Å²) >= 11 is 0.913. The Morgan fingerprint density at radius 1 is 0.577 bits per heavy atom. The van der Waals surface area contributed by atoms with Gasteiger partial charge in [-0.1, -0.05) is 36.4 Å². The van der Waals surface area contributed by atoms with Crippen LogP contribution in [0.4, 0.5) is 5.69 Å². The maximum Gasteiger partial charge on any atom is 0.204 e. The first-order chi connectivity index (χ1) is 12.5. The molecule has 0 unspecified atom stereocenters. The molecule has 1 heterocycles. The van der Waals surface area contributed by atoms with Crippen LogP contribution in [0.15, 0.2) is 61.6 Å². The quantitative estimate of drug-likeness (QED) is 0.428. The molecule has 5 nitrogen and oxygen atoms in total. The van der Waals surface area contributed by atoms with E-state index in [1.54, 1.807) is 30.3 Å². The fourth-order valence-electron chi connectivity index (χ4n) is 3.58. The van der Waals surface area contributed by atoms with Crippen molar-refractivity contribution in [2.75, 3.05) is 5.73 Å². The second-order valence-electron chi connectivity index (χ2n) is 6.14. The van der Waals surface area contributed by atoms with E-state index in [0.717, 1.165) is 11.3 Å². The zero-order valence-corrected chi connectivity index (χ0v) is 14.0. The summed E-state index contributed by atoms with van der Waals surface area (Å²) < 4.78 is 0.277. The van der Waals surface area contributed by atoms with Crippen LogP contribution in [0.25, 0.3) is 41.7 Å². The largest absolute Gasteiger partial charge is 0.398 e. The molecule has 0 spiro atoms. The average Bonchev–Trinajstić information content (AvgIpc) is 3.06. The van der Waals surface area contributed by atoms with Crippen LogP contribution in [0, 0.1) is 0 Å². The van der Waals surface area contributed by atoms with Gasteiger partial charge in [0.1, 0.15) is 0 Å². The van der Waals surface area contributed by atoms with Crippen molar-refractivity contribution < 1.29 is 0 Å². The Morgan fingerprint density at radius 2 is 1.12 bits per heavy atom. The third-order valence-corrected chi connectivity index (χ3v) is 5.95. The van der Waals surface area contributed by atoms with Crippen LogP contribution < -0.4 is 27.4 Å². The number of fused-ring (bicyclic) bond motifs is 5. The lowest BCUT2D eigenvalue weighted by Gasteiger charge is -2.00. The van der Waals surface area contributed by atoms with Gasteiger partial charge in [0.2, 0.25) is 10.9 Å². The van der Waals surface area contributed by atoms with Crippen molar-refractivity contribution in [1.82, 2.24) is 0 Å². The molecule has 4 aromatic carbocycles. The van der Waals surface area contributed by atoms with E-state index in [1.807, 2.05) is 0 Å². The van der Waals surface area contributed by atoms with Crippen LogP contribution in [0.1, 0.15) is 0 Å². The van der Waals surface area contributed by atoms with Gasteiger partial charge in [-0.2, -0.15) is 0 Å². The summed E-state index contributed by atoms with van der Waals surface area (Å²) in [5.41, 5.74) is 4.48. The Kier molecular flexibility index (Phi) is 2.77. The molecule has 0 aliphatic heterocycles. The number of hydrogen-bond donors (Lipinski definition) is 1. The topological polar surface area (TPSA) is 94.3 Å². The Balaban J connectivity index is 2.26. The minimum Gasteiger partial charge on any atom is -0.398 e. The lowest BCUT2D eigenvalue weighted by Crippen LogP contribution is -2.15. The number of nitrogen functional groups attached to an aromatic ring is 1. The Bertz CT molecular complexity index is 1620. The maximum absolute atomic E-state index is 13.1. The van der Waals surface area contributed by atoms with Crippen LogP contribution in [0.3, 0.4) is 0 Å². The van der Waals surface area contributed by atoms with Gasteiger partial charge in [-0.3, -0.25) is 19.2 Å². The first-order valence-corrected chi connectivity index (χ1v) is 8.65. The molecular weight excluding hydrogens is 350 g/mol. The summed E-state index contributed by atoms with van der Waals surface area (Å²) in [6.07, 6.45) is 0. The second kappa shape index (κ2) is 4.83. The Labute approximate surface area is 148 Å². The van der Waals surface area contributed by atoms with Gasteiger partial charge in [-0.25, -0.2) is 0 Å². The smallest absolute Gasteiger partial charge is 0.204 e. The maximum atomic E-state index is 13.1. The van der Waals surface area contributed by atoms with E-state index in [9.17, 15) is 19.2 Å². The predicted molar refractivity (Wildman–Crippen MR) is 106 cm³/mol. The van der Waals surface area contributed by atoms with Crippen LogP contribution >= 0.6 is 11.3 Å². The third-order valence-electron chi connectivity index (χ3n) is 4.76. The van der Waals surface area contributed by atoms with Crippen LogP contribution in [0.5, 0.6) is 0 Å². The highest BCUT2D eigenvalue weighted by Crippen LogP contribution is 2.29. The summed E-state index contributed by atoms with van der Waals surface area (Å²) in [5, 5.41) is 0.885. The van der Waals surface area contributed by atoms with Crippen molar-refractivity contribution in [3.05, 3.63) is 83.4 Å². The molecule has 0 atom stereocenters. The summed E-state index contributed by atoms with van der Waals surface area (Å²) in [6, 6.07) is 11.1. The zero-order valence-electron chi connectivity index (χ0n) is 13.2. The Hall–Kier alpha value is -3.38. The molecule has 0 amide bonds. The molecule has 0 saturated carbocycles. The first kappa shape index (κ1) is 14.9. The summed E-state index contributed by atoms with van der Waals surface area (Å²) in [4.78, 5) is 51.8. The fraction of sp³-hybridized carbons (Fsp3) is 0. The molecule has 0 aliphatic rings. The molecule has 6 heteroatoms. The van der Waals surface area contributed by atoms with Gasteiger partial charge < -0.3 is 5.73 Å². The molecule has 1 aromatic heterocycles. The molecule has 2 N–H and O–H groups in total. The summed E-state index contributed by atoms with van der Waals surface area (Å²) in [6.45, 7) is 0. The third kappa shape index (κ3) is 1.64. The minimum absolute atomic E-state index is 0.00764. The van der Waals surface area contributed by atoms with Gasteiger partial charge in [-0.05, 0) is 6.07 Å². The zero-order chi connectivity index (χ0) is 18.2. The number of benzene rings is 4. The molecule has 0 saturated heterocycles. The van der Waals surface area contributed by atoms with Crippen molar-refractivity contribution in [1.29, 1.82) is 0 Å². The standard InChI is InChI=1S/C20H9NO4S/c21-11-7-3-6-10-12(11)18(25)14-13-15(22)8-4-1-2-5-9(8)16(23)19(13)26-20(14)17(10)24/h1-7H,21H2. The highest BCUT2D eigenvalue weighted by Gasteiger charge is 2.22. The van der Waals surface area contributed by atoms with E-state index < -0.39 is 10.9 Å². The van der Waals surface area contributed by atoms with Gasteiger partial charge in [0.05, 0.1) is 25.6 Å². The van der Waals surface area contributed by atoms with E-state index in [0.29, 0.717) is 5.39 Å². The summed E-state index contributed by atoms with van der Waals surface area (Å²) in [7, 11) is 0. The van der Waals surface area contributed by atoms with Gasteiger partial charge in [-0.15, -0.1) is 11.3 Å².